The number of benzene rings is 1. The van der Waals surface area contributed by atoms with Crippen molar-refractivity contribution in [2.75, 3.05) is 0 Å². The standard InChI is InChI=1S/C10H12F3N.ClH/c1-2-3-8(14)9-6(11)4-5-7(12)10(9)13;/h4-5,8H,2-3,14H2,1H3;1H/t8-;/m1./s1. The van der Waals surface area contributed by atoms with Gasteiger partial charge in [0.1, 0.15) is 5.82 Å². The zero-order chi connectivity index (χ0) is 10.7. The molecular formula is C10H13ClF3N. The normalized spacial score (nSPS) is 12.1. The molecule has 2 N–H and O–H groups in total. The average molecular weight is 240 g/mol. The lowest BCUT2D eigenvalue weighted by atomic mass is 10.0. The minimum atomic E-state index is -1.18. The first kappa shape index (κ1) is 14.3. The second-order valence-corrected chi connectivity index (χ2v) is 3.15. The van der Waals surface area contributed by atoms with E-state index in [2.05, 4.69) is 0 Å². The maximum atomic E-state index is 13.1. The Hall–Kier alpha value is -0.740. The van der Waals surface area contributed by atoms with Gasteiger partial charge in [0.15, 0.2) is 11.6 Å². The van der Waals surface area contributed by atoms with Crippen LogP contribution in [0.25, 0.3) is 0 Å². The summed E-state index contributed by atoms with van der Waals surface area (Å²) in [5.74, 6) is -3.02. The molecular weight excluding hydrogens is 227 g/mol. The quantitative estimate of drug-likeness (QED) is 0.805. The first-order valence-corrected chi connectivity index (χ1v) is 4.46. The second-order valence-electron chi connectivity index (χ2n) is 3.15. The highest BCUT2D eigenvalue weighted by Gasteiger charge is 2.18. The molecule has 0 saturated heterocycles. The van der Waals surface area contributed by atoms with Crippen molar-refractivity contribution in [2.45, 2.75) is 25.8 Å². The molecule has 0 aromatic heterocycles. The van der Waals surface area contributed by atoms with Crippen LogP contribution >= 0.6 is 12.4 Å². The summed E-state index contributed by atoms with van der Waals surface area (Å²) in [5, 5.41) is 0. The van der Waals surface area contributed by atoms with Crippen molar-refractivity contribution in [1.29, 1.82) is 0 Å². The molecule has 0 bridgehead atoms. The van der Waals surface area contributed by atoms with Crippen molar-refractivity contribution in [3.05, 3.63) is 35.1 Å². The lowest BCUT2D eigenvalue weighted by Crippen LogP contribution is -2.14. The van der Waals surface area contributed by atoms with Crippen LogP contribution in [0.1, 0.15) is 31.4 Å². The Morgan fingerprint density at radius 2 is 1.73 bits per heavy atom. The van der Waals surface area contributed by atoms with Gasteiger partial charge in [-0.25, -0.2) is 13.2 Å². The van der Waals surface area contributed by atoms with Crippen LogP contribution in [0, 0.1) is 17.5 Å². The summed E-state index contributed by atoms with van der Waals surface area (Å²) in [6.07, 6.45) is 1.12. The monoisotopic (exact) mass is 239 g/mol. The zero-order valence-electron chi connectivity index (χ0n) is 8.27. The van der Waals surface area contributed by atoms with Crippen LogP contribution in [0.3, 0.4) is 0 Å². The molecule has 0 unspecified atom stereocenters. The third-order valence-corrected chi connectivity index (χ3v) is 2.05. The molecule has 1 rings (SSSR count). The predicted octanol–water partition coefficient (Wildman–Crippen LogP) is 3.33. The molecule has 0 aliphatic heterocycles. The number of nitrogens with two attached hydrogens (primary N) is 1. The fraction of sp³-hybridized carbons (Fsp3) is 0.400. The summed E-state index contributed by atoms with van der Waals surface area (Å²) >= 11 is 0. The van der Waals surface area contributed by atoms with Gasteiger partial charge in [-0.15, -0.1) is 12.4 Å². The van der Waals surface area contributed by atoms with Crippen LogP contribution in [-0.2, 0) is 0 Å². The molecule has 0 spiro atoms. The van der Waals surface area contributed by atoms with Gasteiger partial charge in [-0.3, -0.25) is 0 Å². The van der Waals surface area contributed by atoms with E-state index in [0.29, 0.717) is 12.8 Å². The summed E-state index contributed by atoms with van der Waals surface area (Å²) in [7, 11) is 0. The van der Waals surface area contributed by atoms with Gasteiger partial charge in [-0.05, 0) is 18.6 Å². The van der Waals surface area contributed by atoms with Gasteiger partial charge in [0, 0.05) is 11.6 Å². The Bertz CT molecular complexity index is 331. The predicted molar refractivity (Wildman–Crippen MR) is 55.4 cm³/mol. The molecule has 0 amide bonds. The van der Waals surface area contributed by atoms with Crippen LogP contribution < -0.4 is 5.73 Å². The van der Waals surface area contributed by atoms with Crippen LogP contribution in [0.15, 0.2) is 12.1 Å². The van der Waals surface area contributed by atoms with E-state index in [9.17, 15) is 13.2 Å². The maximum absolute atomic E-state index is 13.1. The van der Waals surface area contributed by atoms with Crippen molar-refractivity contribution in [3.63, 3.8) is 0 Å². The van der Waals surface area contributed by atoms with Gasteiger partial charge >= 0.3 is 0 Å². The Morgan fingerprint density at radius 3 is 2.27 bits per heavy atom. The minimum absolute atomic E-state index is 0. The lowest BCUT2D eigenvalue weighted by molar-refractivity contribution is 0.457. The van der Waals surface area contributed by atoms with Gasteiger partial charge in [-0.2, -0.15) is 0 Å². The molecule has 1 aromatic carbocycles. The van der Waals surface area contributed by atoms with E-state index in [1.54, 1.807) is 0 Å². The van der Waals surface area contributed by atoms with Crippen LogP contribution in [0.2, 0.25) is 0 Å². The first-order valence-electron chi connectivity index (χ1n) is 4.46. The van der Waals surface area contributed by atoms with E-state index in [1.165, 1.54) is 0 Å². The summed E-state index contributed by atoms with van der Waals surface area (Å²) in [6.45, 7) is 1.84. The second kappa shape index (κ2) is 5.98. The Kier molecular flexibility index (Phi) is 5.68. The molecule has 1 aromatic rings. The van der Waals surface area contributed by atoms with Crippen molar-refractivity contribution in [3.8, 4) is 0 Å². The number of hydrogen-bond acceptors (Lipinski definition) is 1. The van der Waals surface area contributed by atoms with Crippen molar-refractivity contribution in [2.24, 2.45) is 5.73 Å². The number of hydrogen-bond donors (Lipinski definition) is 1. The molecule has 1 atom stereocenters. The Morgan fingerprint density at radius 1 is 1.20 bits per heavy atom. The molecule has 0 heterocycles. The van der Waals surface area contributed by atoms with Crippen molar-refractivity contribution >= 4 is 12.4 Å². The summed E-state index contributed by atoms with van der Waals surface area (Å²) in [5.41, 5.74) is 5.17. The van der Waals surface area contributed by atoms with Gasteiger partial charge in [0.05, 0.1) is 0 Å². The smallest absolute Gasteiger partial charge is 0.166 e. The topological polar surface area (TPSA) is 26.0 Å². The summed E-state index contributed by atoms with van der Waals surface area (Å²) in [4.78, 5) is 0. The molecule has 86 valence electrons. The van der Waals surface area contributed by atoms with E-state index in [0.717, 1.165) is 12.1 Å². The molecule has 0 fully saturated rings. The van der Waals surface area contributed by atoms with Crippen LogP contribution in [0.4, 0.5) is 13.2 Å². The molecule has 5 heteroatoms. The van der Waals surface area contributed by atoms with Gasteiger partial charge in [0.2, 0.25) is 0 Å². The van der Waals surface area contributed by atoms with E-state index in [-0.39, 0.29) is 18.0 Å². The van der Waals surface area contributed by atoms with Crippen molar-refractivity contribution < 1.29 is 13.2 Å². The average Bonchev–Trinajstić information content (AvgIpc) is 2.13. The van der Waals surface area contributed by atoms with E-state index in [1.807, 2.05) is 6.92 Å². The van der Waals surface area contributed by atoms with Gasteiger partial charge < -0.3 is 5.73 Å². The highest BCUT2D eigenvalue weighted by Crippen LogP contribution is 2.24. The van der Waals surface area contributed by atoms with Crippen LogP contribution in [-0.4, -0.2) is 0 Å². The van der Waals surface area contributed by atoms with Crippen LogP contribution in [0.5, 0.6) is 0 Å². The molecule has 0 saturated carbocycles. The number of rotatable bonds is 3. The molecule has 0 radical (unpaired) electrons. The highest BCUT2D eigenvalue weighted by molar-refractivity contribution is 5.85. The van der Waals surface area contributed by atoms with E-state index >= 15 is 0 Å². The van der Waals surface area contributed by atoms with Gasteiger partial charge in [0.25, 0.3) is 0 Å². The van der Waals surface area contributed by atoms with E-state index < -0.39 is 23.5 Å². The maximum Gasteiger partial charge on any atom is 0.166 e. The third-order valence-electron chi connectivity index (χ3n) is 2.05. The Labute approximate surface area is 92.9 Å². The molecule has 0 aliphatic rings. The zero-order valence-corrected chi connectivity index (χ0v) is 9.08. The molecule has 1 nitrogen and oxygen atoms in total. The van der Waals surface area contributed by atoms with Crippen molar-refractivity contribution in [1.82, 2.24) is 0 Å². The highest BCUT2D eigenvalue weighted by atomic mass is 35.5. The Balaban J connectivity index is 0.00000196. The lowest BCUT2D eigenvalue weighted by Gasteiger charge is -2.12. The minimum Gasteiger partial charge on any atom is -0.324 e. The third kappa shape index (κ3) is 3.11. The molecule has 0 aliphatic carbocycles. The van der Waals surface area contributed by atoms with E-state index in [4.69, 9.17) is 5.73 Å². The first-order chi connectivity index (χ1) is 6.57. The number of halogens is 4. The summed E-state index contributed by atoms with van der Waals surface area (Å²) < 4.78 is 39.0. The summed E-state index contributed by atoms with van der Waals surface area (Å²) in [6, 6.07) is 0.867. The largest absolute Gasteiger partial charge is 0.324 e. The molecule has 15 heavy (non-hydrogen) atoms. The fourth-order valence-electron chi connectivity index (χ4n) is 1.34. The fourth-order valence-corrected chi connectivity index (χ4v) is 1.34. The van der Waals surface area contributed by atoms with Gasteiger partial charge in [-0.1, -0.05) is 13.3 Å². The SMILES string of the molecule is CCC[C@@H](N)c1c(F)ccc(F)c1F.Cl.